The summed E-state index contributed by atoms with van der Waals surface area (Å²) in [6.07, 6.45) is 4.40. The van der Waals surface area contributed by atoms with E-state index in [1.807, 2.05) is 24.3 Å². The van der Waals surface area contributed by atoms with Crippen molar-refractivity contribution in [3.05, 3.63) is 53.5 Å². The fourth-order valence-corrected chi connectivity index (χ4v) is 1.68. The molecular formula is C12H13BrO. The summed E-state index contributed by atoms with van der Waals surface area (Å²) in [6.45, 7) is 7.87. The smallest absolute Gasteiger partial charge is 0.124 e. The number of ether oxygens (including phenoxy) is 1. The predicted molar refractivity (Wildman–Crippen MR) is 63.7 cm³/mol. The minimum Gasteiger partial charge on any atom is -0.489 e. The number of hydrogen-bond acceptors (Lipinski definition) is 1. The quantitative estimate of drug-likeness (QED) is 0.726. The third-order valence-electron chi connectivity index (χ3n) is 1.78. The molecule has 74 valence electrons. The van der Waals surface area contributed by atoms with Crippen molar-refractivity contribution in [2.75, 3.05) is 6.61 Å². The minimum atomic E-state index is 0.528. The number of benzene rings is 1. The molecule has 1 rings (SSSR count). The Morgan fingerprint density at radius 3 is 2.71 bits per heavy atom. The zero-order valence-corrected chi connectivity index (χ0v) is 9.59. The molecule has 0 radical (unpaired) electrons. The van der Waals surface area contributed by atoms with Crippen LogP contribution in [0.2, 0.25) is 0 Å². The first-order valence-corrected chi connectivity index (χ1v) is 5.21. The van der Waals surface area contributed by atoms with E-state index in [0.29, 0.717) is 6.61 Å². The second-order valence-electron chi connectivity index (χ2n) is 2.81. The Kier molecular flexibility index (Phi) is 4.47. The van der Waals surface area contributed by atoms with Gasteiger partial charge in [0.25, 0.3) is 0 Å². The van der Waals surface area contributed by atoms with E-state index >= 15 is 0 Å². The summed E-state index contributed by atoms with van der Waals surface area (Å²) in [5, 5.41) is 0. The Morgan fingerprint density at radius 2 is 2.07 bits per heavy atom. The first-order chi connectivity index (χ1) is 6.79. The van der Waals surface area contributed by atoms with Gasteiger partial charge in [0.2, 0.25) is 0 Å². The Balaban J connectivity index is 2.94. The van der Waals surface area contributed by atoms with E-state index in [-0.39, 0.29) is 0 Å². The Bertz CT molecular complexity index is 331. The fraction of sp³-hybridized carbons (Fsp3) is 0.167. The van der Waals surface area contributed by atoms with E-state index in [4.69, 9.17) is 4.74 Å². The van der Waals surface area contributed by atoms with Gasteiger partial charge in [0.1, 0.15) is 12.4 Å². The van der Waals surface area contributed by atoms with Gasteiger partial charge in [0.05, 0.1) is 0 Å². The maximum atomic E-state index is 5.52. The van der Waals surface area contributed by atoms with Crippen molar-refractivity contribution in [3.63, 3.8) is 0 Å². The van der Waals surface area contributed by atoms with Crippen molar-refractivity contribution in [2.45, 2.75) is 6.42 Å². The summed E-state index contributed by atoms with van der Waals surface area (Å²) in [4.78, 5) is 0. The first kappa shape index (κ1) is 11.1. The van der Waals surface area contributed by atoms with Crippen LogP contribution in [0.25, 0.3) is 0 Å². The average molecular weight is 253 g/mol. The summed E-state index contributed by atoms with van der Waals surface area (Å²) >= 11 is 3.49. The summed E-state index contributed by atoms with van der Waals surface area (Å²) in [5.41, 5.74) is 1.13. The molecule has 0 saturated heterocycles. The maximum Gasteiger partial charge on any atom is 0.124 e. The number of halogens is 1. The van der Waals surface area contributed by atoms with Crippen molar-refractivity contribution in [3.8, 4) is 5.75 Å². The summed E-state index contributed by atoms with van der Waals surface area (Å²) in [5.74, 6) is 0.888. The Labute approximate surface area is 93.2 Å². The monoisotopic (exact) mass is 252 g/mol. The highest BCUT2D eigenvalue weighted by atomic mass is 79.9. The largest absolute Gasteiger partial charge is 0.489 e. The molecule has 0 spiro atoms. The van der Waals surface area contributed by atoms with E-state index in [0.717, 1.165) is 22.2 Å². The normalized spacial score (nSPS) is 9.50. The lowest BCUT2D eigenvalue weighted by molar-refractivity contribution is 0.359. The van der Waals surface area contributed by atoms with Gasteiger partial charge >= 0.3 is 0 Å². The lowest BCUT2D eigenvalue weighted by Gasteiger charge is -2.10. The molecule has 2 heteroatoms. The van der Waals surface area contributed by atoms with E-state index in [9.17, 15) is 0 Å². The van der Waals surface area contributed by atoms with Crippen molar-refractivity contribution < 1.29 is 4.74 Å². The van der Waals surface area contributed by atoms with Crippen LogP contribution >= 0.6 is 15.9 Å². The second-order valence-corrected chi connectivity index (χ2v) is 3.66. The Hall–Kier alpha value is -1.02. The van der Waals surface area contributed by atoms with Gasteiger partial charge in [-0.3, -0.25) is 0 Å². The van der Waals surface area contributed by atoms with Crippen LogP contribution in [0, 0.1) is 0 Å². The third-order valence-corrected chi connectivity index (χ3v) is 2.52. The van der Waals surface area contributed by atoms with Crippen molar-refractivity contribution >= 4 is 15.9 Å². The van der Waals surface area contributed by atoms with E-state index in [1.54, 1.807) is 6.08 Å². The Morgan fingerprint density at radius 1 is 1.29 bits per heavy atom. The molecule has 0 heterocycles. The number of allylic oxidation sites excluding steroid dienone is 1. The third kappa shape index (κ3) is 2.74. The molecule has 0 amide bonds. The molecule has 0 aromatic heterocycles. The minimum absolute atomic E-state index is 0.528. The highest BCUT2D eigenvalue weighted by Gasteiger charge is 2.05. The van der Waals surface area contributed by atoms with Gasteiger partial charge in [-0.2, -0.15) is 0 Å². The summed E-state index contributed by atoms with van der Waals surface area (Å²) in [6, 6.07) is 5.90. The predicted octanol–water partition coefficient (Wildman–Crippen LogP) is 3.74. The van der Waals surface area contributed by atoms with Crippen LogP contribution in [0.4, 0.5) is 0 Å². The standard InChI is InChI=1S/C12H13BrO/c1-3-6-10-11(13)7-5-8-12(10)14-9-4-2/h3-5,7-8H,1-2,6,9H2. The molecule has 0 aliphatic rings. The average Bonchev–Trinajstić information content (AvgIpc) is 2.19. The molecule has 0 aliphatic heterocycles. The van der Waals surface area contributed by atoms with Gasteiger partial charge in [0, 0.05) is 10.0 Å². The van der Waals surface area contributed by atoms with Crippen molar-refractivity contribution in [2.24, 2.45) is 0 Å². The molecule has 0 bridgehead atoms. The molecule has 0 N–H and O–H groups in total. The molecule has 0 atom stereocenters. The molecule has 1 aromatic carbocycles. The van der Waals surface area contributed by atoms with Gasteiger partial charge in [-0.1, -0.05) is 40.7 Å². The van der Waals surface area contributed by atoms with Crippen LogP contribution in [0.1, 0.15) is 5.56 Å². The van der Waals surface area contributed by atoms with E-state index in [2.05, 4.69) is 29.1 Å². The van der Waals surface area contributed by atoms with Crippen molar-refractivity contribution in [1.29, 1.82) is 0 Å². The summed E-state index contributed by atoms with van der Waals surface area (Å²) < 4.78 is 6.58. The molecule has 0 fully saturated rings. The number of rotatable bonds is 5. The van der Waals surface area contributed by atoms with Crippen LogP contribution < -0.4 is 4.74 Å². The zero-order chi connectivity index (χ0) is 10.4. The van der Waals surface area contributed by atoms with Gasteiger partial charge in [-0.25, -0.2) is 0 Å². The van der Waals surface area contributed by atoms with E-state index in [1.165, 1.54) is 0 Å². The van der Waals surface area contributed by atoms with Crippen LogP contribution in [0.15, 0.2) is 48.0 Å². The van der Waals surface area contributed by atoms with Crippen LogP contribution in [-0.2, 0) is 6.42 Å². The van der Waals surface area contributed by atoms with Crippen LogP contribution in [0.5, 0.6) is 5.75 Å². The highest BCUT2D eigenvalue weighted by molar-refractivity contribution is 9.10. The SMILES string of the molecule is C=CCOc1cccc(Br)c1CC=C. The second kappa shape index (κ2) is 5.66. The lowest BCUT2D eigenvalue weighted by Crippen LogP contribution is -1.97. The van der Waals surface area contributed by atoms with E-state index < -0.39 is 0 Å². The zero-order valence-electron chi connectivity index (χ0n) is 8.00. The molecule has 0 unspecified atom stereocenters. The topological polar surface area (TPSA) is 9.23 Å². The fourth-order valence-electron chi connectivity index (χ4n) is 1.17. The molecule has 1 aromatic rings. The molecule has 0 aliphatic carbocycles. The van der Waals surface area contributed by atoms with Crippen LogP contribution in [-0.4, -0.2) is 6.61 Å². The molecular weight excluding hydrogens is 240 g/mol. The lowest BCUT2D eigenvalue weighted by atomic mass is 10.1. The van der Waals surface area contributed by atoms with Gasteiger partial charge < -0.3 is 4.74 Å². The molecule has 14 heavy (non-hydrogen) atoms. The molecule has 1 nitrogen and oxygen atoms in total. The van der Waals surface area contributed by atoms with Crippen molar-refractivity contribution in [1.82, 2.24) is 0 Å². The van der Waals surface area contributed by atoms with Gasteiger partial charge in [-0.15, -0.1) is 6.58 Å². The maximum absolute atomic E-state index is 5.52. The highest BCUT2D eigenvalue weighted by Crippen LogP contribution is 2.27. The molecule has 0 saturated carbocycles. The first-order valence-electron chi connectivity index (χ1n) is 4.41. The van der Waals surface area contributed by atoms with Gasteiger partial charge in [-0.05, 0) is 18.6 Å². The number of hydrogen-bond donors (Lipinski definition) is 0. The van der Waals surface area contributed by atoms with Gasteiger partial charge in [0.15, 0.2) is 0 Å². The summed E-state index contributed by atoms with van der Waals surface area (Å²) in [7, 11) is 0. The van der Waals surface area contributed by atoms with Crippen LogP contribution in [0.3, 0.4) is 0 Å².